The summed E-state index contributed by atoms with van der Waals surface area (Å²) in [5.74, 6) is 0.166. The lowest BCUT2D eigenvalue weighted by molar-refractivity contribution is 0.442. The van der Waals surface area contributed by atoms with Crippen molar-refractivity contribution < 1.29 is 9.13 Å². The molecule has 2 rings (SSSR count). The van der Waals surface area contributed by atoms with E-state index in [9.17, 15) is 4.39 Å². The molecule has 2 aromatic rings. The summed E-state index contributed by atoms with van der Waals surface area (Å²) < 4.78 is 18.7. The Morgan fingerprint density at radius 3 is 2.38 bits per heavy atom. The largest absolute Gasteiger partial charge is 0.454 e. The number of nitrogens with two attached hydrogens (primary N) is 1. The molecular weight excluding hydrogens is 229 g/mol. The lowest BCUT2D eigenvalue weighted by atomic mass is 10.3. The van der Waals surface area contributed by atoms with Crippen molar-refractivity contribution in [2.45, 2.75) is 0 Å². The second kappa shape index (κ2) is 4.41. The average molecular weight is 238 g/mol. The minimum Gasteiger partial charge on any atom is -0.454 e. The lowest BCUT2D eigenvalue weighted by Gasteiger charge is -2.06. The van der Waals surface area contributed by atoms with E-state index in [0.29, 0.717) is 16.5 Å². The lowest BCUT2D eigenvalue weighted by Crippen LogP contribution is -1.91. The number of rotatable bonds is 2. The van der Waals surface area contributed by atoms with E-state index < -0.39 is 5.82 Å². The zero-order valence-electron chi connectivity index (χ0n) is 8.28. The van der Waals surface area contributed by atoms with Crippen molar-refractivity contribution in [2.24, 2.45) is 0 Å². The molecule has 0 aliphatic heterocycles. The Bertz CT molecular complexity index is 499. The van der Waals surface area contributed by atoms with Crippen LogP contribution in [0, 0.1) is 5.82 Å². The number of halogens is 2. The first-order chi connectivity index (χ1) is 7.65. The van der Waals surface area contributed by atoms with Gasteiger partial charge in [0, 0.05) is 16.8 Å². The summed E-state index contributed by atoms with van der Waals surface area (Å²) in [6, 6.07) is 11.0. The van der Waals surface area contributed by atoms with E-state index in [1.165, 1.54) is 12.1 Å². The van der Waals surface area contributed by atoms with Crippen LogP contribution in [0.1, 0.15) is 0 Å². The van der Waals surface area contributed by atoms with Crippen LogP contribution in [0.15, 0.2) is 42.5 Å². The maximum absolute atomic E-state index is 13.4. The second-order valence-electron chi connectivity index (χ2n) is 3.25. The van der Waals surface area contributed by atoms with Crippen molar-refractivity contribution in [3.05, 3.63) is 53.3 Å². The predicted molar refractivity (Wildman–Crippen MR) is 62.3 cm³/mol. The summed E-state index contributed by atoms with van der Waals surface area (Å²) in [7, 11) is 0. The summed E-state index contributed by atoms with van der Waals surface area (Å²) in [5, 5.41) is 0.602. The molecule has 4 heteroatoms. The third-order valence-corrected chi connectivity index (χ3v) is 2.25. The van der Waals surface area contributed by atoms with Gasteiger partial charge in [0.1, 0.15) is 5.75 Å². The highest BCUT2D eigenvalue weighted by Gasteiger charge is 2.04. The number of hydrogen-bond donors (Lipinski definition) is 1. The maximum atomic E-state index is 13.4. The Morgan fingerprint density at radius 2 is 1.75 bits per heavy atom. The zero-order chi connectivity index (χ0) is 11.5. The summed E-state index contributed by atoms with van der Waals surface area (Å²) in [4.78, 5) is 0. The number of ether oxygens (including phenoxy) is 1. The smallest absolute Gasteiger partial charge is 0.167 e. The first-order valence-electron chi connectivity index (χ1n) is 4.63. The van der Waals surface area contributed by atoms with Crippen molar-refractivity contribution in [1.29, 1.82) is 0 Å². The molecule has 0 radical (unpaired) electrons. The van der Waals surface area contributed by atoms with Gasteiger partial charge in [-0.15, -0.1) is 0 Å². The van der Waals surface area contributed by atoms with Gasteiger partial charge in [-0.05, 0) is 36.4 Å². The summed E-state index contributed by atoms with van der Waals surface area (Å²) in [5.41, 5.74) is 5.79. The Morgan fingerprint density at radius 1 is 1.06 bits per heavy atom. The highest BCUT2D eigenvalue weighted by molar-refractivity contribution is 6.30. The van der Waals surface area contributed by atoms with Gasteiger partial charge >= 0.3 is 0 Å². The molecule has 2 N–H and O–H groups in total. The predicted octanol–water partition coefficient (Wildman–Crippen LogP) is 3.85. The van der Waals surface area contributed by atoms with Crippen LogP contribution in [-0.4, -0.2) is 0 Å². The molecule has 0 amide bonds. The van der Waals surface area contributed by atoms with E-state index >= 15 is 0 Å². The molecule has 2 nitrogen and oxygen atoms in total. The molecule has 0 heterocycles. The van der Waals surface area contributed by atoms with Crippen LogP contribution in [0.2, 0.25) is 5.02 Å². The van der Waals surface area contributed by atoms with Crippen molar-refractivity contribution in [3.8, 4) is 11.5 Å². The molecule has 82 valence electrons. The highest BCUT2D eigenvalue weighted by atomic mass is 35.5. The summed E-state index contributed by atoms with van der Waals surface area (Å²) >= 11 is 5.72. The van der Waals surface area contributed by atoms with Gasteiger partial charge in [0.2, 0.25) is 0 Å². The van der Waals surface area contributed by atoms with E-state index in [0.717, 1.165) is 0 Å². The van der Waals surface area contributed by atoms with Gasteiger partial charge in [0.05, 0.1) is 0 Å². The topological polar surface area (TPSA) is 35.2 Å². The van der Waals surface area contributed by atoms with E-state index in [4.69, 9.17) is 22.1 Å². The molecule has 0 aliphatic rings. The Balaban J connectivity index is 2.23. The molecule has 0 saturated heterocycles. The third-order valence-electron chi connectivity index (χ3n) is 2.00. The van der Waals surface area contributed by atoms with Gasteiger partial charge in [0.15, 0.2) is 11.6 Å². The number of benzene rings is 2. The monoisotopic (exact) mass is 237 g/mol. The van der Waals surface area contributed by atoms with E-state index in [1.807, 2.05) is 0 Å². The SMILES string of the molecule is Nc1ccc(Oc2ccc(Cl)cc2)c(F)c1. The normalized spacial score (nSPS) is 10.1. The van der Waals surface area contributed by atoms with Crippen LogP contribution in [0.4, 0.5) is 10.1 Å². The van der Waals surface area contributed by atoms with Crippen LogP contribution < -0.4 is 10.5 Å². The second-order valence-corrected chi connectivity index (χ2v) is 3.68. The standard InChI is InChI=1S/C12H9ClFNO/c13-8-1-4-10(5-2-8)16-12-6-3-9(15)7-11(12)14/h1-7H,15H2. The number of nitrogen functional groups attached to an aromatic ring is 1. The van der Waals surface area contributed by atoms with Crippen LogP contribution in [0.3, 0.4) is 0 Å². The van der Waals surface area contributed by atoms with Crippen LogP contribution in [0.5, 0.6) is 11.5 Å². The molecule has 0 bridgehead atoms. The van der Waals surface area contributed by atoms with E-state index in [2.05, 4.69) is 0 Å². The van der Waals surface area contributed by atoms with Crippen molar-refractivity contribution >= 4 is 17.3 Å². The molecular formula is C12H9ClFNO. The molecule has 2 aromatic carbocycles. The van der Waals surface area contributed by atoms with Gasteiger partial charge in [-0.2, -0.15) is 0 Å². The molecule has 0 saturated carbocycles. The fraction of sp³-hybridized carbons (Fsp3) is 0. The number of hydrogen-bond acceptors (Lipinski definition) is 2. The fourth-order valence-electron chi connectivity index (χ4n) is 1.23. The van der Waals surface area contributed by atoms with E-state index in [1.54, 1.807) is 30.3 Å². The molecule has 0 atom stereocenters. The molecule has 0 aromatic heterocycles. The van der Waals surface area contributed by atoms with Crippen LogP contribution >= 0.6 is 11.6 Å². The third kappa shape index (κ3) is 2.44. The van der Waals surface area contributed by atoms with Crippen LogP contribution in [0.25, 0.3) is 0 Å². The van der Waals surface area contributed by atoms with Crippen molar-refractivity contribution in [2.75, 3.05) is 5.73 Å². The molecule has 0 unspecified atom stereocenters. The summed E-state index contributed by atoms with van der Waals surface area (Å²) in [6.45, 7) is 0. The Labute approximate surface area is 97.4 Å². The minimum absolute atomic E-state index is 0.136. The van der Waals surface area contributed by atoms with Crippen molar-refractivity contribution in [1.82, 2.24) is 0 Å². The fourth-order valence-corrected chi connectivity index (χ4v) is 1.36. The van der Waals surface area contributed by atoms with Crippen molar-refractivity contribution in [3.63, 3.8) is 0 Å². The van der Waals surface area contributed by atoms with Gasteiger partial charge in [-0.25, -0.2) is 4.39 Å². The molecule has 0 spiro atoms. The molecule has 16 heavy (non-hydrogen) atoms. The quantitative estimate of drug-likeness (QED) is 0.805. The first-order valence-corrected chi connectivity index (χ1v) is 5.01. The van der Waals surface area contributed by atoms with Crippen LogP contribution in [-0.2, 0) is 0 Å². The summed E-state index contributed by atoms with van der Waals surface area (Å²) in [6.07, 6.45) is 0. The van der Waals surface area contributed by atoms with E-state index in [-0.39, 0.29) is 5.75 Å². The molecule has 0 aliphatic carbocycles. The highest BCUT2D eigenvalue weighted by Crippen LogP contribution is 2.26. The molecule has 0 fully saturated rings. The maximum Gasteiger partial charge on any atom is 0.167 e. The number of anilines is 1. The first kappa shape index (κ1) is 10.8. The van der Waals surface area contributed by atoms with Gasteiger partial charge in [-0.1, -0.05) is 11.6 Å². The van der Waals surface area contributed by atoms with Gasteiger partial charge < -0.3 is 10.5 Å². The minimum atomic E-state index is -0.491. The van der Waals surface area contributed by atoms with Gasteiger partial charge in [0.25, 0.3) is 0 Å². The zero-order valence-corrected chi connectivity index (χ0v) is 9.04. The average Bonchev–Trinajstić information content (AvgIpc) is 2.25. The Kier molecular flexibility index (Phi) is 2.97. The van der Waals surface area contributed by atoms with Gasteiger partial charge in [-0.3, -0.25) is 0 Å². The Hall–Kier alpha value is -1.74.